The zero-order valence-electron chi connectivity index (χ0n) is 15.9. The Morgan fingerprint density at radius 1 is 1.09 bits per heavy atom. The van der Waals surface area contributed by atoms with E-state index < -0.39 is 22.4 Å². The number of nitro groups is 2. The van der Waals surface area contributed by atoms with Crippen LogP contribution in [-0.2, 0) is 4.79 Å². The van der Waals surface area contributed by atoms with Crippen LogP contribution in [0.2, 0.25) is 10.0 Å². The smallest absolute Gasteiger partial charge is 0.312 e. The summed E-state index contributed by atoms with van der Waals surface area (Å²) in [5.41, 5.74) is 2.11. The van der Waals surface area contributed by atoms with E-state index in [1.54, 1.807) is 12.1 Å². The molecule has 0 atom stereocenters. The lowest BCUT2D eigenvalue weighted by Gasteiger charge is -2.05. The molecule has 2 aromatic carbocycles. The minimum atomic E-state index is -0.678. The molecule has 0 unspecified atom stereocenters. The van der Waals surface area contributed by atoms with E-state index in [1.807, 2.05) is 0 Å². The van der Waals surface area contributed by atoms with E-state index in [1.165, 1.54) is 36.5 Å². The predicted molar refractivity (Wildman–Crippen MR) is 115 cm³/mol. The van der Waals surface area contributed by atoms with Gasteiger partial charge in [0.1, 0.15) is 11.5 Å². The molecule has 1 amide bonds. The van der Waals surface area contributed by atoms with Crippen LogP contribution in [0.3, 0.4) is 0 Å². The van der Waals surface area contributed by atoms with Gasteiger partial charge in [0.2, 0.25) is 0 Å². The minimum absolute atomic E-state index is 0.116. The van der Waals surface area contributed by atoms with E-state index in [0.29, 0.717) is 11.3 Å². The molecule has 0 saturated carbocycles. The maximum atomic E-state index is 11.9. The highest BCUT2D eigenvalue weighted by Crippen LogP contribution is 2.32. The number of hydrazone groups is 1. The summed E-state index contributed by atoms with van der Waals surface area (Å²) in [5, 5.41) is 25.8. The number of hydrogen-bond acceptors (Lipinski definition) is 8. The van der Waals surface area contributed by atoms with Crippen molar-refractivity contribution in [3.63, 3.8) is 0 Å². The van der Waals surface area contributed by atoms with Crippen molar-refractivity contribution in [2.24, 2.45) is 5.10 Å². The summed E-state index contributed by atoms with van der Waals surface area (Å²) < 4.78 is 10.7. The maximum Gasteiger partial charge on any atom is 0.312 e. The van der Waals surface area contributed by atoms with Gasteiger partial charge in [-0.25, -0.2) is 5.43 Å². The van der Waals surface area contributed by atoms with Crippen LogP contribution in [0.4, 0.5) is 11.4 Å². The van der Waals surface area contributed by atoms with Crippen LogP contribution in [0, 0.1) is 20.2 Å². The summed E-state index contributed by atoms with van der Waals surface area (Å²) in [6.45, 7) is -0.526. The fourth-order valence-electron chi connectivity index (χ4n) is 2.48. The van der Waals surface area contributed by atoms with E-state index in [0.717, 1.165) is 6.07 Å². The van der Waals surface area contributed by atoms with Gasteiger partial charge in [-0.05, 0) is 30.3 Å². The molecule has 3 rings (SSSR count). The molecule has 1 heterocycles. The Morgan fingerprint density at radius 2 is 1.88 bits per heavy atom. The molecular weight excluding hydrogens is 467 g/mol. The van der Waals surface area contributed by atoms with Crippen LogP contribution in [0.15, 0.2) is 58.0 Å². The summed E-state index contributed by atoms with van der Waals surface area (Å²) in [7, 11) is 0. The van der Waals surface area contributed by atoms with E-state index in [4.69, 9.17) is 32.4 Å². The van der Waals surface area contributed by atoms with E-state index in [2.05, 4.69) is 10.5 Å². The molecule has 0 saturated heterocycles. The second-order valence-electron chi connectivity index (χ2n) is 6.07. The molecule has 0 fully saturated rings. The number of nitro benzene ring substituents is 2. The van der Waals surface area contributed by atoms with Crippen molar-refractivity contribution in [3.05, 3.63) is 84.6 Å². The first-order chi connectivity index (χ1) is 15.2. The number of benzene rings is 2. The van der Waals surface area contributed by atoms with E-state index in [9.17, 15) is 25.0 Å². The predicted octanol–water partition coefficient (Wildman–Crippen LogP) is 4.60. The van der Waals surface area contributed by atoms with Crippen molar-refractivity contribution in [2.75, 3.05) is 6.61 Å². The van der Waals surface area contributed by atoms with Gasteiger partial charge in [0.05, 0.1) is 21.1 Å². The molecule has 1 N–H and O–H groups in total. The third-order valence-electron chi connectivity index (χ3n) is 3.91. The van der Waals surface area contributed by atoms with Gasteiger partial charge in [-0.3, -0.25) is 25.0 Å². The van der Waals surface area contributed by atoms with Crippen LogP contribution in [-0.4, -0.2) is 28.6 Å². The number of furan rings is 1. The normalized spacial score (nSPS) is 10.8. The van der Waals surface area contributed by atoms with E-state index in [-0.39, 0.29) is 32.9 Å². The number of nitrogens with zero attached hydrogens (tertiary/aromatic N) is 3. The molecule has 0 radical (unpaired) electrons. The summed E-state index contributed by atoms with van der Waals surface area (Å²) >= 11 is 11.8. The first kappa shape index (κ1) is 22.7. The Balaban J connectivity index is 1.58. The van der Waals surface area contributed by atoms with Crippen molar-refractivity contribution < 1.29 is 23.8 Å². The first-order valence-corrected chi connectivity index (χ1v) is 9.43. The number of nitrogens with one attached hydrogen (secondary N) is 1. The van der Waals surface area contributed by atoms with Gasteiger partial charge in [0.25, 0.3) is 11.6 Å². The van der Waals surface area contributed by atoms with Crippen LogP contribution in [0.25, 0.3) is 11.3 Å². The molecule has 0 bridgehead atoms. The van der Waals surface area contributed by atoms with Crippen molar-refractivity contribution in [3.8, 4) is 17.1 Å². The average molecular weight is 479 g/mol. The molecule has 0 aliphatic rings. The first-order valence-electron chi connectivity index (χ1n) is 8.67. The molecule has 13 heteroatoms. The van der Waals surface area contributed by atoms with Crippen molar-refractivity contribution in [1.29, 1.82) is 0 Å². The maximum absolute atomic E-state index is 11.9. The Hall–Kier alpha value is -3.96. The molecule has 3 aromatic rings. The van der Waals surface area contributed by atoms with Gasteiger partial charge >= 0.3 is 5.69 Å². The molecule has 0 aliphatic carbocycles. The SMILES string of the molecule is O=C(COc1ccc(Cl)cc1[N+](=O)[O-])NN=Cc1ccc(-c2ccc([N+](=O)[O-])cc2Cl)o1. The number of hydrogen-bond donors (Lipinski definition) is 1. The summed E-state index contributed by atoms with van der Waals surface area (Å²) in [4.78, 5) is 32.4. The molecule has 164 valence electrons. The fraction of sp³-hybridized carbons (Fsp3) is 0.0526. The summed E-state index contributed by atoms with van der Waals surface area (Å²) in [6.07, 6.45) is 1.21. The zero-order chi connectivity index (χ0) is 23.3. The lowest BCUT2D eigenvalue weighted by Crippen LogP contribution is -2.24. The Bertz CT molecular complexity index is 1230. The number of halogens is 2. The average Bonchev–Trinajstić information content (AvgIpc) is 3.21. The molecule has 0 spiro atoms. The topological polar surface area (TPSA) is 150 Å². The number of rotatable bonds is 8. The van der Waals surface area contributed by atoms with Crippen LogP contribution >= 0.6 is 23.2 Å². The number of non-ortho nitro benzene ring substituents is 1. The number of amides is 1. The highest BCUT2D eigenvalue weighted by Gasteiger charge is 2.17. The molecule has 0 aliphatic heterocycles. The molecular formula is C19H12Cl2N4O7. The third kappa shape index (κ3) is 5.59. The fourth-order valence-corrected chi connectivity index (χ4v) is 2.92. The van der Waals surface area contributed by atoms with Gasteiger partial charge < -0.3 is 9.15 Å². The van der Waals surface area contributed by atoms with Gasteiger partial charge in [-0.2, -0.15) is 5.10 Å². The van der Waals surface area contributed by atoms with Crippen LogP contribution in [0.5, 0.6) is 5.75 Å². The second-order valence-corrected chi connectivity index (χ2v) is 6.92. The number of carbonyl (C=O) groups excluding carboxylic acids is 1. The number of ether oxygens (including phenoxy) is 1. The quantitative estimate of drug-likeness (QED) is 0.282. The standard InChI is InChI=1S/C19H12Cl2N4O7/c20-11-1-5-18(16(7-11)25(29)30)31-10-19(26)23-22-9-13-3-6-17(32-13)14-4-2-12(24(27)28)8-15(14)21/h1-9H,10H2,(H,23,26). The van der Waals surface area contributed by atoms with Gasteiger partial charge in [-0.15, -0.1) is 0 Å². The molecule has 1 aromatic heterocycles. The highest BCUT2D eigenvalue weighted by atomic mass is 35.5. The van der Waals surface area contributed by atoms with Crippen LogP contribution in [0.1, 0.15) is 5.76 Å². The van der Waals surface area contributed by atoms with E-state index >= 15 is 0 Å². The highest BCUT2D eigenvalue weighted by molar-refractivity contribution is 6.33. The largest absolute Gasteiger partial charge is 0.477 e. The Morgan fingerprint density at radius 3 is 2.56 bits per heavy atom. The molecule has 32 heavy (non-hydrogen) atoms. The Kier molecular flexibility index (Phi) is 7.03. The van der Waals surface area contributed by atoms with Gasteiger partial charge in [0, 0.05) is 28.8 Å². The van der Waals surface area contributed by atoms with Gasteiger partial charge in [-0.1, -0.05) is 23.2 Å². The monoisotopic (exact) mass is 478 g/mol. The van der Waals surface area contributed by atoms with Gasteiger partial charge in [0.15, 0.2) is 12.4 Å². The lowest BCUT2D eigenvalue weighted by atomic mass is 10.1. The number of carbonyl (C=O) groups is 1. The van der Waals surface area contributed by atoms with Crippen molar-refractivity contribution in [2.45, 2.75) is 0 Å². The second kappa shape index (κ2) is 9.90. The van der Waals surface area contributed by atoms with Crippen LogP contribution < -0.4 is 10.2 Å². The summed E-state index contributed by atoms with van der Waals surface area (Å²) in [5.74, 6) is -0.176. The minimum Gasteiger partial charge on any atom is -0.477 e. The van der Waals surface area contributed by atoms with Crippen molar-refractivity contribution >= 4 is 46.7 Å². The summed E-state index contributed by atoms with van der Waals surface area (Å²) in [6, 6.07) is 10.9. The third-order valence-corrected chi connectivity index (χ3v) is 4.46. The lowest BCUT2D eigenvalue weighted by molar-refractivity contribution is -0.385. The zero-order valence-corrected chi connectivity index (χ0v) is 17.4. The molecule has 11 nitrogen and oxygen atoms in total. The van der Waals surface area contributed by atoms with Crippen molar-refractivity contribution in [1.82, 2.24) is 5.43 Å². The Labute approximate surface area is 189 Å².